The summed E-state index contributed by atoms with van der Waals surface area (Å²) in [5.41, 5.74) is 3.11. The van der Waals surface area contributed by atoms with E-state index in [-0.39, 0.29) is 23.1 Å². The van der Waals surface area contributed by atoms with E-state index in [9.17, 15) is 9.90 Å². The van der Waals surface area contributed by atoms with Gasteiger partial charge < -0.3 is 10.0 Å². The molecule has 0 spiro atoms. The molecule has 0 aliphatic carbocycles. The fraction of sp³-hybridized carbons (Fsp3) is 0.167. The number of carbonyl (C=O) groups is 1. The fourth-order valence-electron chi connectivity index (χ4n) is 2.37. The number of para-hydroxylation sites is 2. The van der Waals surface area contributed by atoms with Gasteiger partial charge in [-0.25, -0.2) is 4.98 Å². The highest BCUT2D eigenvalue weighted by molar-refractivity contribution is 6.32. The molecule has 6 heteroatoms. The molecule has 1 amide bonds. The van der Waals surface area contributed by atoms with Crippen LogP contribution in [0.15, 0.2) is 48.7 Å². The Morgan fingerprint density at radius 1 is 1.21 bits per heavy atom. The van der Waals surface area contributed by atoms with Gasteiger partial charge in [-0.2, -0.15) is 0 Å². The Balaban J connectivity index is 1.69. The molecule has 5 nitrogen and oxygen atoms in total. The van der Waals surface area contributed by atoms with Crippen LogP contribution < -0.4 is 0 Å². The molecule has 122 valence electrons. The first-order valence-corrected chi connectivity index (χ1v) is 7.83. The molecule has 0 saturated heterocycles. The fourth-order valence-corrected chi connectivity index (χ4v) is 2.58. The molecule has 0 fully saturated rings. The van der Waals surface area contributed by atoms with E-state index < -0.39 is 0 Å². The molecule has 0 atom stereocenters. The van der Waals surface area contributed by atoms with E-state index in [1.807, 2.05) is 24.3 Å². The zero-order valence-electron chi connectivity index (χ0n) is 13.1. The Kier molecular flexibility index (Phi) is 4.62. The van der Waals surface area contributed by atoms with Crippen LogP contribution in [0.2, 0.25) is 5.02 Å². The standard InChI is InChI=1S/C18H16ClN3O2/c1-22(18(24)9-12-6-7-17(23)14(19)8-12)11-13-10-20-15-4-2-3-5-16(15)21-13/h2-8,10,23H,9,11H2,1H3. The lowest BCUT2D eigenvalue weighted by Crippen LogP contribution is -2.28. The Hall–Kier alpha value is -2.66. The van der Waals surface area contributed by atoms with E-state index >= 15 is 0 Å². The summed E-state index contributed by atoms with van der Waals surface area (Å²) in [6.07, 6.45) is 1.89. The largest absolute Gasteiger partial charge is 0.506 e. The third-order valence-electron chi connectivity index (χ3n) is 3.69. The highest BCUT2D eigenvalue weighted by Crippen LogP contribution is 2.24. The smallest absolute Gasteiger partial charge is 0.227 e. The summed E-state index contributed by atoms with van der Waals surface area (Å²) >= 11 is 5.87. The van der Waals surface area contributed by atoms with Gasteiger partial charge in [-0.3, -0.25) is 9.78 Å². The second-order valence-corrected chi connectivity index (χ2v) is 5.97. The van der Waals surface area contributed by atoms with E-state index in [2.05, 4.69) is 9.97 Å². The topological polar surface area (TPSA) is 66.3 Å². The van der Waals surface area contributed by atoms with Crippen LogP contribution in [-0.2, 0) is 17.8 Å². The zero-order valence-corrected chi connectivity index (χ0v) is 13.9. The molecule has 24 heavy (non-hydrogen) atoms. The van der Waals surface area contributed by atoms with E-state index in [1.165, 1.54) is 6.07 Å². The number of rotatable bonds is 4. The molecule has 0 unspecified atom stereocenters. The monoisotopic (exact) mass is 341 g/mol. The molecule has 1 N–H and O–H groups in total. The second kappa shape index (κ2) is 6.84. The van der Waals surface area contributed by atoms with Crippen molar-refractivity contribution in [2.75, 3.05) is 7.05 Å². The van der Waals surface area contributed by atoms with Crippen molar-refractivity contribution in [1.29, 1.82) is 0 Å². The number of phenols is 1. The van der Waals surface area contributed by atoms with E-state index in [0.717, 1.165) is 22.3 Å². The Labute approximate surface area is 144 Å². The van der Waals surface area contributed by atoms with Crippen molar-refractivity contribution in [2.45, 2.75) is 13.0 Å². The number of halogens is 1. The molecule has 0 aliphatic heterocycles. The van der Waals surface area contributed by atoms with Gasteiger partial charge in [0.05, 0.1) is 40.9 Å². The summed E-state index contributed by atoms with van der Waals surface area (Å²) in [5.74, 6) is -0.0561. The van der Waals surface area contributed by atoms with Gasteiger partial charge in [0.25, 0.3) is 0 Å². The summed E-state index contributed by atoms with van der Waals surface area (Å²) in [5, 5.41) is 9.67. The minimum absolute atomic E-state index is 0.00709. The summed E-state index contributed by atoms with van der Waals surface area (Å²) in [4.78, 5) is 22.8. The predicted octanol–water partition coefficient (Wildman–Crippen LogP) is 3.19. The predicted molar refractivity (Wildman–Crippen MR) is 92.8 cm³/mol. The molecular weight excluding hydrogens is 326 g/mol. The maximum atomic E-state index is 12.3. The SMILES string of the molecule is CN(Cc1cnc2ccccc2n1)C(=O)Cc1ccc(O)c(Cl)c1. The van der Waals surface area contributed by atoms with Crippen LogP contribution in [0.4, 0.5) is 0 Å². The molecule has 3 rings (SSSR count). The molecule has 1 heterocycles. The molecule has 0 saturated carbocycles. The van der Waals surface area contributed by atoms with Crippen LogP contribution in [0, 0.1) is 0 Å². The van der Waals surface area contributed by atoms with Crippen molar-refractivity contribution in [3.05, 3.63) is 64.9 Å². The summed E-state index contributed by atoms with van der Waals surface area (Å²) < 4.78 is 0. The molecule has 2 aromatic carbocycles. The first kappa shape index (κ1) is 16.2. The summed E-state index contributed by atoms with van der Waals surface area (Å²) in [6, 6.07) is 12.4. The van der Waals surface area contributed by atoms with Crippen molar-refractivity contribution >= 4 is 28.5 Å². The Bertz CT molecular complexity index is 898. The summed E-state index contributed by atoms with van der Waals surface area (Å²) in [7, 11) is 1.72. The zero-order chi connectivity index (χ0) is 17.1. The van der Waals surface area contributed by atoms with Crippen LogP contribution in [-0.4, -0.2) is 32.9 Å². The van der Waals surface area contributed by atoms with Crippen LogP contribution in [0.1, 0.15) is 11.3 Å². The van der Waals surface area contributed by atoms with Gasteiger partial charge in [0, 0.05) is 7.05 Å². The maximum Gasteiger partial charge on any atom is 0.227 e. The average molecular weight is 342 g/mol. The lowest BCUT2D eigenvalue weighted by atomic mass is 10.1. The lowest BCUT2D eigenvalue weighted by molar-refractivity contribution is -0.129. The number of aromatic nitrogens is 2. The van der Waals surface area contributed by atoms with Gasteiger partial charge >= 0.3 is 0 Å². The van der Waals surface area contributed by atoms with Gasteiger partial charge in [0.15, 0.2) is 0 Å². The maximum absolute atomic E-state index is 12.3. The number of benzene rings is 2. The van der Waals surface area contributed by atoms with Crippen LogP contribution in [0.5, 0.6) is 5.75 Å². The number of hydrogen-bond donors (Lipinski definition) is 1. The number of hydrogen-bond acceptors (Lipinski definition) is 4. The van der Waals surface area contributed by atoms with Gasteiger partial charge in [0.1, 0.15) is 5.75 Å². The molecule has 0 aliphatic rings. The van der Waals surface area contributed by atoms with E-state index in [1.54, 1.807) is 30.3 Å². The number of nitrogens with zero attached hydrogens (tertiary/aromatic N) is 3. The minimum Gasteiger partial charge on any atom is -0.506 e. The quantitative estimate of drug-likeness (QED) is 0.791. The number of fused-ring (bicyclic) bond motifs is 1. The summed E-state index contributed by atoms with van der Waals surface area (Å²) in [6.45, 7) is 0.377. The van der Waals surface area contributed by atoms with Crippen LogP contribution >= 0.6 is 11.6 Å². The first-order chi connectivity index (χ1) is 11.5. The van der Waals surface area contributed by atoms with Crippen LogP contribution in [0.3, 0.4) is 0 Å². The van der Waals surface area contributed by atoms with Crippen molar-refractivity contribution in [1.82, 2.24) is 14.9 Å². The molecule has 1 aromatic heterocycles. The highest BCUT2D eigenvalue weighted by Gasteiger charge is 2.12. The molecule has 0 bridgehead atoms. The first-order valence-electron chi connectivity index (χ1n) is 7.45. The van der Waals surface area contributed by atoms with Gasteiger partial charge in [-0.15, -0.1) is 0 Å². The van der Waals surface area contributed by atoms with E-state index in [0.29, 0.717) is 6.54 Å². The number of carbonyl (C=O) groups excluding carboxylic acids is 1. The second-order valence-electron chi connectivity index (χ2n) is 5.56. The Morgan fingerprint density at radius 2 is 1.96 bits per heavy atom. The van der Waals surface area contributed by atoms with Gasteiger partial charge in [-0.05, 0) is 29.8 Å². The highest BCUT2D eigenvalue weighted by atomic mass is 35.5. The normalized spacial score (nSPS) is 10.8. The van der Waals surface area contributed by atoms with E-state index in [4.69, 9.17) is 11.6 Å². The van der Waals surface area contributed by atoms with Crippen LogP contribution in [0.25, 0.3) is 11.0 Å². The average Bonchev–Trinajstić information content (AvgIpc) is 2.58. The third-order valence-corrected chi connectivity index (χ3v) is 3.99. The molecular formula is C18H16ClN3O2. The van der Waals surface area contributed by atoms with Gasteiger partial charge in [-0.1, -0.05) is 29.8 Å². The van der Waals surface area contributed by atoms with Gasteiger partial charge in [0.2, 0.25) is 5.91 Å². The van der Waals surface area contributed by atoms with Crippen molar-refractivity contribution in [2.24, 2.45) is 0 Å². The van der Waals surface area contributed by atoms with Crippen molar-refractivity contribution in [3.63, 3.8) is 0 Å². The Morgan fingerprint density at radius 3 is 2.71 bits per heavy atom. The number of amides is 1. The number of likely N-dealkylation sites (N-methyl/N-ethyl adjacent to an activating group) is 1. The van der Waals surface area contributed by atoms with Crippen molar-refractivity contribution < 1.29 is 9.90 Å². The minimum atomic E-state index is -0.0632. The number of phenolic OH excluding ortho intramolecular Hbond substituents is 1. The molecule has 0 radical (unpaired) electrons. The number of aromatic hydroxyl groups is 1. The lowest BCUT2D eigenvalue weighted by Gasteiger charge is -2.17. The molecule has 3 aromatic rings. The third kappa shape index (κ3) is 3.63. The van der Waals surface area contributed by atoms with Crippen molar-refractivity contribution in [3.8, 4) is 5.75 Å².